The van der Waals surface area contributed by atoms with Crippen LogP contribution in [-0.4, -0.2) is 40.8 Å². The van der Waals surface area contributed by atoms with Crippen molar-refractivity contribution in [2.75, 3.05) is 0 Å². The number of aliphatic carboxylic acids is 1. The van der Waals surface area contributed by atoms with E-state index in [0.29, 0.717) is 0 Å². The summed E-state index contributed by atoms with van der Waals surface area (Å²) in [7, 11) is 0. The Kier molecular flexibility index (Phi) is 4.13. The van der Waals surface area contributed by atoms with E-state index in [1.807, 2.05) is 13.8 Å². The minimum absolute atomic E-state index is 0.000125. The van der Waals surface area contributed by atoms with Crippen LogP contribution in [0.3, 0.4) is 0 Å². The lowest BCUT2D eigenvalue weighted by atomic mass is 10.4. The molecule has 0 aromatic carbocycles. The largest absolute Gasteiger partial charge is 0.480 e. The molecule has 0 spiro atoms. The van der Waals surface area contributed by atoms with Gasteiger partial charge in [-0.1, -0.05) is 0 Å². The SMILES string of the molecule is CC(C)n1ccnc(Sc2nnnn2CC(=O)O)c1=O. The Balaban J connectivity index is 2.31. The van der Waals surface area contributed by atoms with Crippen LogP contribution in [0, 0.1) is 0 Å². The molecular weight excluding hydrogens is 284 g/mol. The maximum Gasteiger partial charge on any atom is 0.325 e. The van der Waals surface area contributed by atoms with Crippen LogP contribution in [0.2, 0.25) is 0 Å². The number of carboxylic acids is 1. The van der Waals surface area contributed by atoms with Gasteiger partial charge in [0.05, 0.1) is 0 Å². The van der Waals surface area contributed by atoms with E-state index in [9.17, 15) is 9.59 Å². The van der Waals surface area contributed by atoms with Gasteiger partial charge in [0, 0.05) is 18.4 Å². The molecule has 2 aromatic rings. The Morgan fingerprint density at radius 1 is 1.50 bits per heavy atom. The number of tetrazole rings is 1. The first-order chi connectivity index (χ1) is 9.49. The molecule has 20 heavy (non-hydrogen) atoms. The van der Waals surface area contributed by atoms with Gasteiger partial charge in [0.25, 0.3) is 5.56 Å². The molecule has 0 saturated heterocycles. The molecule has 10 heteroatoms. The zero-order chi connectivity index (χ0) is 14.7. The normalized spacial score (nSPS) is 10.9. The molecule has 0 atom stereocenters. The third kappa shape index (κ3) is 3.02. The van der Waals surface area contributed by atoms with Crippen LogP contribution < -0.4 is 5.56 Å². The average molecular weight is 296 g/mol. The topological polar surface area (TPSA) is 116 Å². The Hall–Kier alpha value is -2.23. The zero-order valence-electron chi connectivity index (χ0n) is 10.8. The summed E-state index contributed by atoms with van der Waals surface area (Å²) in [5, 5.41) is 19.8. The fraction of sp³-hybridized carbons (Fsp3) is 0.400. The van der Waals surface area contributed by atoms with Gasteiger partial charge in [0.15, 0.2) is 5.03 Å². The highest BCUT2D eigenvalue weighted by atomic mass is 32.2. The molecule has 2 heterocycles. The number of aromatic nitrogens is 6. The van der Waals surface area contributed by atoms with Crippen LogP contribution in [0.4, 0.5) is 0 Å². The molecule has 0 bridgehead atoms. The van der Waals surface area contributed by atoms with Gasteiger partial charge in [-0.15, -0.1) is 5.10 Å². The Labute approximate surface area is 117 Å². The molecule has 0 aliphatic rings. The lowest BCUT2D eigenvalue weighted by Gasteiger charge is -2.09. The number of nitrogens with zero attached hydrogens (tertiary/aromatic N) is 6. The van der Waals surface area contributed by atoms with E-state index in [2.05, 4.69) is 20.5 Å². The van der Waals surface area contributed by atoms with E-state index in [1.165, 1.54) is 10.8 Å². The molecule has 1 N–H and O–H groups in total. The average Bonchev–Trinajstić information content (AvgIpc) is 2.78. The number of carbonyl (C=O) groups is 1. The van der Waals surface area contributed by atoms with Gasteiger partial charge in [-0.2, -0.15) is 0 Å². The van der Waals surface area contributed by atoms with Crippen molar-refractivity contribution in [3.63, 3.8) is 0 Å². The molecule has 0 unspecified atom stereocenters. The number of hydrogen-bond acceptors (Lipinski definition) is 7. The molecular formula is C10H12N6O3S. The van der Waals surface area contributed by atoms with Crippen molar-refractivity contribution in [2.45, 2.75) is 36.6 Å². The molecule has 0 saturated carbocycles. The van der Waals surface area contributed by atoms with Gasteiger partial charge < -0.3 is 9.67 Å². The predicted octanol–water partition coefficient (Wildman–Crippen LogP) is 0.0465. The van der Waals surface area contributed by atoms with Crippen molar-refractivity contribution in [1.29, 1.82) is 0 Å². The van der Waals surface area contributed by atoms with Crippen LogP contribution in [0.5, 0.6) is 0 Å². The van der Waals surface area contributed by atoms with Crippen molar-refractivity contribution in [2.24, 2.45) is 0 Å². The molecule has 106 valence electrons. The third-order valence-corrected chi connectivity index (χ3v) is 3.31. The van der Waals surface area contributed by atoms with E-state index in [4.69, 9.17) is 5.11 Å². The standard InChI is InChI=1S/C10H12N6O3S/c1-6(2)15-4-3-11-8(9(15)19)20-10-12-13-14-16(10)5-7(17)18/h3-4,6H,5H2,1-2H3,(H,17,18). The number of rotatable bonds is 5. The summed E-state index contributed by atoms with van der Waals surface area (Å²) >= 11 is 0.940. The van der Waals surface area contributed by atoms with Gasteiger partial charge in [0.2, 0.25) is 5.16 Å². The summed E-state index contributed by atoms with van der Waals surface area (Å²) in [4.78, 5) is 26.8. The van der Waals surface area contributed by atoms with Gasteiger partial charge in [0.1, 0.15) is 6.54 Å². The number of hydrogen-bond donors (Lipinski definition) is 1. The second-order valence-corrected chi connectivity index (χ2v) is 5.11. The first kappa shape index (κ1) is 14.2. The van der Waals surface area contributed by atoms with Crippen LogP contribution in [0.25, 0.3) is 0 Å². The van der Waals surface area contributed by atoms with Crippen LogP contribution >= 0.6 is 11.8 Å². The van der Waals surface area contributed by atoms with Gasteiger partial charge in [-0.25, -0.2) is 9.67 Å². The Morgan fingerprint density at radius 3 is 2.90 bits per heavy atom. The van der Waals surface area contributed by atoms with E-state index < -0.39 is 5.97 Å². The van der Waals surface area contributed by atoms with Crippen molar-refractivity contribution in [3.8, 4) is 0 Å². The fourth-order valence-corrected chi connectivity index (χ4v) is 2.23. The molecule has 9 nitrogen and oxygen atoms in total. The predicted molar refractivity (Wildman–Crippen MR) is 68.5 cm³/mol. The number of carboxylic acid groups (broad SMARTS) is 1. The second-order valence-electron chi connectivity index (χ2n) is 4.15. The summed E-state index contributed by atoms with van der Waals surface area (Å²) in [5.74, 6) is -1.07. The Morgan fingerprint density at radius 2 is 2.25 bits per heavy atom. The van der Waals surface area contributed by atoms with E-state index >= 15 is 0 Å². The van der Waals surface area contributed by atoms with Gasteiger partial charge in [-0.3, -0.25) is 9.59 Å². The van der Waals surface area contributed by atoms with Crippen molar-refractivity contribution in [1.82, 2.24) is 29.8 Å². The zero-order valence-corrected chi connectivity index (χ0v) is 11.6. The molecule has 2 rings (SSSR count). The molecule has 2 aromatic heterocycles. The van der Waals surface area contributed by atoms with E-state index in [-0.39, 0.29) is 28.3 Å². The summed E-state index contributed by atoms with van der Waals surface area (Å²) in [5.41, 5.74) is -0.266. The summed E-state index contributed by atoms with van der Waals surface area (Å²) < 4.78 is 2.63. The smallest absolute Gasteiger partial charge is 0.325 e. The quantitative estimate of drug-likeness (QED) is 0.822. The van der Waals surface area contributed by atoms with Crippen molar-refractivity contribution >= 4 is 17.7 Å². The molecule has 0 amide bonds. The minimum Gasteiger partial charge on any atom is -0.480 e. The van der Waals surface area contributed by atoms with Crippen LogP contribution in [0.15, 0.2) is 27.4 Å². The molecule has 0 aliphatic carbocycles. The van der Waals surface area contributed by atoms with Crippen LogP contribution in [-0.2, 0) is 11.3 Å². The molecule has 0 fully saturated rings. The maximum atomic E-state index is 12.2. The van der Waals surface area contributed by atoms with E-state index in [0.717, 1.165) is 16.4 Å². The lowest BCUT2D eigenvalue weighted by Crippen LogP contribution is -2.23. The van der Waals surface area contributed by atoms with Crippen LogP contribution in [0.1, 0.15) is 19.9 Å². The van der Waals surface area contributed by atoms with Gasteiger partial charge in [-0.05, 0) is 36.0 Å². The second kappa shape index (κ2) is 5.82. The van der Waals surface area contributed by atoms with Crippen molar-refractivity contribution in [3.05, 3.63) is 22.7 Å². The van der Waals surface area contributed by atoms with E-state index in [1.54, 1.807) is 6.20 Å². The third-order valence-electron chi connectivity index (χ3n) is 2.36. The van der Waals surface area contributed by atoms with Crippen molar-refractivity contribution < 1.29 is 9.90 Å². The monoisotopic (exact) mass is 296 g/mol. The maximum absolute atomic E-state index is 12.2. The highest BCUT2D eigenvalue weighted by Crippen LogP contribution is 2.20. The minimum atomic E-state index is -1.07. The fourth-order valence-electron chi connectivity index (χ4n) is 1.47. The first-order valence-corrected chi connectivity index (χ1v) is 6.53. The summed E-state index contributed by atoms with van der Waals surface area (Å²) in [6, 6.07) is -0.000125. The molecule has 0 radical (unpaired) electrons. The highest BCUT2D eigenvalue weighted by molar-refractivity contribution is 7.99. The Bertz CT molecular complexity index is 680. The highest BCUT2D eigenvalue weighted by Gasteiger charge is 2.15. The first-order valence-electron chi connectivity index (χ1n) is 5.72. The summed E-state index contributed by atoms with van der Waals surface area (Å²) in [6.07, 6.45) is 3.10. The lowest BCUT2D eigenvalue weighted by molar-refractivity contribution is -0.138. The van der Waals surface area contributed by atoms with Gasteiger partial charge >= 0.3 is 5.97 Å². The molecule has 0 aliphatic heterocycles. The summed E-state index contributed by atoms with van der Waals surface area (Å²) in [6.45, 7) is 3.38.